The number of aliphatic carboxylic acids is 2. The van der Waals surface area contributed by atoms with Crippen molar-refractivity contribution in [3.05, 3.63) is 59.7 Å². The number of carbonyl (C=O) groups excluding carboxylic acids is 2. The molecule has 0 radical (unpaired) electrons. The molecule has 0 aromatic heterocycles. The van der Waals surface area contributed by atoms with E-state index in [9.17, 15) is 29.4 Å². The smallest absolute Gasteiger partial charge is 0.327 e. The maximum atomic E-state index is 12.3. The SMILES string of the molecule is Cc1ccc(OC(=O)C(C(=O)O)C(C(=O)O)C(=O)Oc2ccc(C)cc2)cc1. The van der Waals surface area contributed by atoms with Gasteiger partial charge in [0.2, 0.25) is 0 Å². The monoisotopic (exact) mass is 386 g/mol. The van der Waals surface area contributed by atoms with Crippen molar-refractivity contribution in [2.75, 3.05) is 0 Å². The molecule has 0 saturated heterocycles. The average Bonchev–Trinajstić information content (AvgIpc) is 2.62. The lowest BCUT2D eigenvalue weighted by molar-refractivity contribution is -0.169. The van der Waals surface area contributed by atoms with Crippen molar-refractivity contribution in [2.24, 2.45) is 11.8 Å². The quantitative estimate of drug-likeness (QED) is 0.421. The molecule has 0 aliphatic rings. The maximum Gasteiger partial charge on any atom is 0.327 e. The molecule has 0 fully saturated rings. The molecule has 0 bridgehead atoms. The Morgan fingerprint density at radius 1 is 0.643 bits per heavy atom. The minimum absolute atomic E-state index is 0.0258. The molecule has 2 rings (SSSR count). The van der Waals surface area contributed by atoms with Gasteiger partial charge in [0.05, 0.1) is 0 Å². The summed E-state index contributed by atoms with van der Waals surface area (Å²) in [5, 5.41) is 18.7. The second-order valence-corrected chi connectivity index (χ2v) is 6.10. The summed E-state index contributed by atoms with van der Waals surface area (Å²) in [5.74, 6) is -10.9. The largest absolute Gasteiger partial charge is 0.481 e. The van der Waals surface area contributed by atoms with Gasteiger partial charge in [-0.3, -0.25) is 19.2 Å². The Balaban J connectivity index is 2.24. The summed E-state index contributed by atoms with van der Waals surface area (Å²) >= 11 is 0. The molecule has 0 amide bonds. The first-order chi connectivity index (χ1) is 13.2. The van der Waals surface area contributed by atoms with E-state index in [2.05, 4.69) is 0 Å². The third-order valence-electron chi connectivity index (χ3n) is 3.85. The number of carboxylic acid groups (broad SMARTS) is 2. The molecule has 2 atom stereocenters. The van der Waals surface area contributed by atoms with Gasteiger partial charge in [0.1, 0.15) is 11.5 Å². The van der Waals surface area contributed by atoms with Gasteiger partial charge in [0.15, 0.2) is 11.8 Å². The number of benzene rings is 2. The summed E-state index contributed by atoms with van der Waals surface area (Å²) in [7, 11) is 0. The van der Waals surface area contributed by atoms with E-state index >= 15 is 0 Å². The predicted octanol–water partition coefficient (Wildman–Crippen LogP) is 2.22. The van der Waals surface area contributed by atoms with Crippen LogP contribution in [0.2, 0.25) is 0 Å². The minimum atomic E-state index is -2.28. The van der Waals surface area contributed by atoms with Crippen LogP contribution in [0, 0.1) is 25.7 Å². The Morgan fingerprint density at radius 2 is 0.929 bits per heavy atom. The number of carboxylic acids is 2. The Hall–Kier alpha value is -3.68. The summed E-state index contributed by atoms with van der Waals surface area (Å²) in [4.78, 5) is 47.7. The first kappa shape index (κ1) is 20.6. The predicted molar refractivity (Wildman–Crippen MR) is 95.9 cm³/mol. The molecule has 0 aliphatic carbocycles. The van der Waals surface area contributed by atoms with Crippen molar-refractivity contribution in [1.82, 2.24) is 0 Å². The van der Waals surface area contributed by atoms with Crippen LogP contribution in [0.1, 0.15) is 11.1 Å². The van der Waals surface area contributed by atoms with Gasteiger partial charge in [-0.05, 0) is 38.1 Å². The van der Waals surface area contributed by atoms with Crippen molar-refractivity contribution < 1.29 is 38.9 Å². The van der Waals surface area contributed by atoms with Gasteiger partial charge in [0, 0.05) is 0 Å². The summed E-state index contributed by atoms with van der Waals surface area (Å²) in [6.07, 6.45) is 0. The lowest BCUT2D eigenvalue weighted by Crippen LogP contribution is -2.44. The fraction of sp³-hybridized carbons (Fsp3) is 0.200. The van der Waals surface area contributed by atoms with Gasteiger partial charge in [-0.25, -0.2) is 0 Å². The number of ether oxygens (including phenoxy) is 2. The number of esters is 2. The van der Waals surface area contributed by atoms with Gasteiger partial charge in [-0.1, -0.05) is 35.4 Å². The van der Waals surface area contributed by atoms with Crippen LogP contribution in [0.25, 0.3) is 0 Å². The van der Waals surface area contributed by atoms with E-state index in [0.29, 0.717) is 0 Å². The Bertz CT molecular complexity index is 808. The van der Waals surface area contributed by atoms with Crippen molar-refractivity contribution in [1.29, 1.82) is 0 Å². The fourth-order valence-electron chi connectivity index (χ4n) is 2.33. The Labute approximate surface area is 160 Å². The average molecular weight is 386 g/mol. The van der Waals surface area contributed by atoms with Gasteiger partial charge in [-0.2, -0.15) is 0 Å². The minimum Gasteiger partial charge on any atom is -0.481 e. The molecule has 0 saturated carbocycles. The van der Waals surface area contributed by atoms with E-state index in [-0.39, 0.29) is 11.5 Å². The zero-order valence-electron chi connectivity index (χ0n) is 15.1. The number of hydrogen-bond acceptors (Lipinski definition) is 6. The molecule has 28 heavy (non-hydrogen) atoms. The molecule has 2 aromatic carbocycles. The molecule has 0 spiro atoms. The van der Waals surface area contributed by atoms with E-state index in [0.717, 1.165) is 11.1 Å². The lowest BCUT2D eigenvalue weighted by Gasteiger charge is -2.18. The maximum absolute atomic E-state index is 12.3. The first-order valence-electron chi connectivity index (χ1n) is 8.21. The summed E-state index contributed by atoms with van der Waals surface area (Å²) < 4.78 is 9.90. The zero-order valence-corrected chi connectivity index (χ0v) is 15.1. The second-order valence-electron chi connectivity index (χ2n) is 6.10. The molecule has 2 aromatic rings. The van der Waals surface area contributed by atoms with Crippen molar-refractivity contribution in [3.8, 4) is 11.5 Å². The van der Waals surface area contributed by atoms with E-state index < -0.39 is 35.7 Å². The highest BCUT2D eigenvalue weighted by Gasteiger charge is 2.47. The van der Waals surface area contributed by atoms with Crippen LogP contribution in [0.15, 0.2) is 48.5 Å². The summed E-state index contributed by atoms with van der Waals surface area (Å²) in [6.45, 7) is 3.60. The van der Waals surface area contributed by atoms with Gasteiger partial charge < -0.3 is 19.7 Å². The number of rotatable bonds is 7. The van der Waals surface area contributed by atoms with E-state index in [1.54, 1.807) is 38.1 Å². The third-order valence-corrected chi connectivity index (χ3v) is 3.85. The van der Waals surface area contributed by atoms with Crippen LogP contribution in [0.4, 0.5) is 0 Å². The van der Waals surface area contributed by atoms with Gasteiger partial charge in [-0.15, -0.1) is 0 Å². The Kier molecular flexibility index (Phi) is 6.49. The van der Waals surface area contributed by atoms with Crippen LogP contribution >= 0.6 is 0 Å². The lowest BCUT2D eigenvalue weighted by atomic mass is 9.92. The Morgan fingerprint density at radius 3 is 1.18 bits per heavy atom. The van der Waals surface area contributed by atoms with Crippen LogP contribution < -0.4 is 9.47 Å². The van der Waals surface area contributed by atoms with Gasteiger partial charge >= 0.3 is 23.9 Å². The van der Waals surface area contributed by atoms with Crippen LogP contribution in [0.3, 0.4) is 0 Å². The first-order valence-corrected chi connectivity index (χ1v) is 8.21. The standard InChI is InChI=1S/C20H18O8/c1-11-3-7-13(8-4-11)27-19(25)15(17(21)22)16(18(23)24)20(26)28-14-9-5-12(2)6-10-14/h3-10,15-16H,1-2H3,(H,21,22)(H,23,24). The highest BCUT2D eigenvalue weighted by Crippen LogP contribution is 2.22. The molecule has 0 aliphatic heterocycles. The van der Waals surface area contributed by atoms with Crippen LogP contribution in [0.5, 0.6) is 11.5 Å². The van der Waals surface area contributed by atoms with E-state index in [4.69, 9.17) is 9.47 Å². The topological polar surface area (TPSA) is 127 Å². The molecule has 146 valence electrons. The molecule has 2 unspecified atom stereocenters. The molecular formula is C20H18O8. The van der Waals surface area contributed by atoms with Crippen molar-refractivity contribution in [3.63, 3.8) is 0 Å². The highest BCUT2D eigenvalue weighted by atomic mass is 16.5. The second kappa shape index (κ2) is 8.81. The molecule has 8 nitrogen and oxygen atoms in total. The fourth-order valence-corrected chi connectivity index (χ4v) is 2.33. The summed E-state index contributed by atoms with van der Waals surface area (Å²) in [5.41, 5.74) is 1.75. The van der Waals surface area contributed by atoms with E-state index in [1.807, 2.05) is 0 Å². The van der Waals surface area contributed by atoms with Crippen molar-refractivity contribution >= 4 is 23.9 Å². The molecule has 2 N–H and O–H groups in total. The van der Waals surface area contributed by atoms with E-state index in [1.165, 1.54) is 24.3 Å². The van der Waals surface area contributed by atoms with Crippen LogP contribution in [-0.4, -0.2) is 34.1 Å². The number of hydrogen-bond donors (Lipinski definition) is 2. The summed E-state index contributed by atoms with van der Waals surface area (Å²) in [6, 6.07) is 12.2. The number of aryl methyl sites for hydroxylation is 2. The molecule has 0 heterocycles. The normalized spacial score (nSPS) is 12.5. The highest BCUT2D eigenvalue weighted by molar-refractivity contribution is 6.07. The third kappa shape index (κ3) is 5.16. The number of carbonyl (C=O) groups is 4. The zero-order chi connectivity index (χ0) is 20.8. The molecular weight excluding hydrogens is 368 g/mol. The van der Waals surface area contributed by atoms with Crippen molar-refractivity contribution in [2.45, 2.75) is 13.8 Å². The van der Waals surface area contributed by atoms with Gasteiger partial charge in [0.25, 0.3) is 0 Å². The van der Waals surface area contributed by atoms with Crippen LogP contribution in [-0.2, 0) is 19.2 Å². The molecule has 8 heteroatoms.